The van der Waals surface area contributed by atoms with E-state index in [1.165, 1.54) is 5.56 Å². The number of hydrogen-bond donors (Lipinski definition) is 0. The molecule has 5 rings (SSSR count). The zero-order valence-electron chi connectivity index (χ0n) is 20.5. The van der Waals surface area contributed by atoms with Crippen molar-refractivity contribution in [1.82, 2.24) is 23.7 Å². The van der Waals surface area contributed by atoms with Crippen molar-refractivity contribution < 1.29 is 8.42 Å². The molecule has 0 amide bonds. The van der Waals surface area contributed by atoms with Gasteiger partial charge in [-0.25, -0.2) is 18.4 Å². The van der Waals surface area contributed by atoms with Gasteiger partial charge < -0.3 is 0 Å². The van der Waals surface area contributed by atoms with Crippen molar-refractivity contribution in [2.45, 2.75) is 38.6 Å². The van der Waals surface area contributed by atoms with Crippen LogP contribution in [0.2, 0.25) is 0 Å². The van der Waals surface area contributed by atoms with Crippen LogP contribution in [0, 0.1) is 13.8 Å². The Bertz CT molecular complexity index is 1450. The molecule has 0 radical (unpaired) electrons. The van der Waals surface area contributed by atoms with E-state index in [4.69, 9.17) is 4.98 Å². The largest absolute Gasteiger partial charge is 0.293 e. The van der Waals surface area contributed by atoms with Crippen LogP contribution in [0.4, 0.5) is 0 Å². The van der Waals surface area contributed by atoms with Gasteiger partial charge in [0, 0.05) is 38.1 Å². The lowest BCUT2D eigenvalue weighted by Crippen LogP contribution is -2.48. The second-order valence-electron chi connectivity index (χ2n) is 9.16. The molecular formula is C27H31N5O2S. The van der Waals surface area contributed by atoms with E-state index in [9.17, 15) is 8.42 Å². The highest BCUT2D eigenvalue weighted by atomic mass is 32.2. The lowest BCUT2D eigenvalue weighted by atomic mass is 10.1. The summed E-state index contributed by atoms with van der Waals surface area (Å²) >= 11 is 0. The van der Waals surface area contributed by atoms with Crippen LogP contribution < -0.4 is 0 Å². The third kappa shape index (κ3) is 4.61. The maximum Gasteiger partial charge on any atom is 0.243 e. The first-order chi connectivity index (χ1) is 16.9. The molecular weight excluding hydrogens is 458 g/mol. The van der Waals surface area contributed by atoms with Gasteiger partial charge in [0.2, 0.25) is 10.0 Å². The van der Waals surface area contributed by atoms with Crippen molar-refractivity contribution >= 4 is 21.2 Å². The smallest absolute Gasteiger partial charge is 0.243 e. The summed E-state index contributed by atoms with van der Waals surface area (Å²) in [7, 11) is -3.50. The first-order valence-electron chi connectivity index (χ1n) is 12.1. The average molecular weight is 490 g/mol. The predicted octanol–water partition coefficient (Wildman–Crippen LogP) is 4.11. The summed E-state index contributed by atoms with van der Waals surface area (Å²) in [5, 5.41) is 0. The van der Waals surface area contributed by atoms with E-state index in [0.717, 1.165) is 40.2 Å². The lowest BCUT2D eigenvalue weighted by Gasteiger charge is -2.33. The zero-order chi connectivity index (χ0) is 24.6. The number of benzene rings is 2. The molecule has 1 fully saturated rings. The molecule has 7 nitrogen and oxygen atoms in total. The van der Waals surface area contributed by atoms with Gasteiger partial charge in [-0.05, 0) is 73.4 Å². The molecule has 0 unspecified atom stereocenters. The van der Waals surface area contributed by atoms with Gasteiger partial charge in [0.15, 0.2) is 5.65 Å². The number of piperazine rings is 1. The van der Waals surface area contributed by atoms with Gasteiger partial charge in [0.1, 0.15) is 11.3 Å². The van der Waals surface area contributed by atoms with E-state index < -0.39 is 10.0 Å². The van der Waals surface area contributed by atoms with E-state index in [2.05, 4.69) is 45.6 Å². The number of aryl methyl sites for hydroxylation is 3. The zero-order valence-corrected chi connectivity index (χ0v) is 21.3. The van der Waals surface area contributed by atoms with Crippen LogP contribution in [-0.4, -0.2) is 58.3 Å². The molecule has 0 saturated carbocycles. The number of pyridine rings is 1. The molecule has 3 heterocycles. The van der Waals surface area contributed by atoms with Crippen LogP contribution in [0.3, 0.4) is 0 Å². The number of aromatic nitrogens is 3. The summed E-state index contributed by atoms with van der Waals surface area (Å²) in [4.78, 5) is 12.1. The minimum Gasteiger partial charge on any atom is -0.293 e. The summed E-state index contributed by atoms with van der Waals surface area (Å²) in [6.45, 7) is 8.93. The van der Waals surface area contributed by atoms with Crippen molar-refractivity contribution in [3.05, 3.63) is 83.3 Å². The molecule has 1 saturated heterocycles. The Labute approximate surface area is 207 Å². The quantitative estimate of drug-likeness (QED) is 0.408. The number of sulfonamides is 1. The maximum atomic E-state index is 13.2. The number of nitrogens with zero attached hydrogens (tertiary/aromatic N) is 5. The van der Waals surface area contributed by atoms with Gasteiger partial charge in [-0.15, -0.1) is 0 Å². The minimum atomic E-state index is -3.50. The molecule has 8 heteroatoms. The van der Waals surface area contributed by atoms with Gasteiger partial charge in [-0.1, -0.05) is 25.1 Å². The summed E-state index contributed by atoms with van der Waals surface area (Å²) in [5.41, 5.74) is 6.10. The first kappa shape index (κ1) is 23.7. The highest BCUT2D eigenvalue weighted by Crippen LogP contribution is 2.24. The molecule has 2 aromatic heterocycles. The average Bonchev–Trinajstić information content (AvgIpc) is 3.23. The molecule has 35 heavy (non-hydrogen) atoms. The van der Waals surface area contributed by atoms with Crippen molar-refractivity contribution in [1.29, 1.82) is 0 Å². The third-order valence-electron chi connectivity index (χ3n) is 6.90. The van der Waals surface area contributed by atoms with Crippen LogP contribution in [0.25, 0.3) is 16.9 Å². The number of imidazole rings is 1. The molecule has 1 aliphatic heterocycles. The van der Waals surface area contributed by atoms with Crippen LogP contribution in [-0.2, 0) is 23.0 Å². The first-order valence-corrected chi connectivity index (χ1v) is 13.5. The van der Waals surface area contributed by atoms with E-state index in [-0.39, 0.29) is 0 Å². The number of fused-ring (bicyclic) bond motifs is 1. The highest BCUT2D eigenvalue weighted by Gasteiger charge is 2.29. The summed E-state index contributed by atoms with van der Waals surface area (Å²) in [6.07, 6.45) is 2.78. The summed E-state index contributed by atoms with van der Waals surface area (Å²) < 4.78 is 30.1. The Morgan fingerprint density at radius 1 is 0.914 bits per heavy atom. The maximum absolute atomic E-state index is 13.2. The van der Waals surface area contributed by atoms with Gasteiger partial charge >= 0.3 is 0 Å². The highest BCUT2D eigenvalue weighted by molar-refractivity contribution is 7.89. The molecule has 182 valence electrons. The summed E-state index contributed by atoms with van der Waals surface area (Å²) in [5.74, 6) is 0.911. The molecule has 1 aliphatic rings. The van der Waals surface area contributed by atoms with Gasteiger partial charge in [0.25, 0.3) is 0 Å². The van der Waals surface area contributed by atoms with Crippen LogP contribution in [0.5, 0.6) is 0 Å². The molecule has 0 N–H and O–H groups in total. The summed E-state index contributed by atoms with van der Waals surface area (Å²) in [6, 6.07) is 17.8. The molecule has 0 aliphatic carbocycles. The molecule has 0 spiro atoms. The minimum absolute atomic E-state index is 0.373. The predicted molar refractivity (Wildman–Crippen MR) is 138 cm³/mol. The molecule has 0 bridgehead atoms. The standard InChI is InChI=1S/C27H31N5O2S/c1-4-22-8-10-23(11-9-22)32-26(29-25-6-5-13-28-27(25)32)19-30-14-16-31(17-15-30)35(33,34)24-12-7-20(2)21(3)18-24/h5-13,18H,4,14-17,19H2,1-3H3. The fourth-order valence-corrected chi connectivity index (χ4v) is 6.08. The van der Waals surface area contributed by atoms with Gasteiger partial charge in [0.05, 0.1) is 11.4 Å². The normalized spacial score (nSPS) is 15.6. The Morgan fingerprint density at radius 2 is 1.66 bits per heavy atom. The van der Waals surface area contributed by atoms with Crippen molar-refractivity contribution in [3.63, 3.8) is 0 Å². The lowest BCUT2D eigenvalue weighted by molar-refractivity contribution is 0.177. The van der Waals surface area contributed by atoms with Gasteiger partial charge in [-0.2, -0.15) is 4.31 Å². The van der Waals surface area contributed by atoms with E-state index in [1.54, 1.807) is 22.6 Å². The monoisotopic (exact) mass is 489 g/mol. The Morgan fingerprint density at radius 3 is 2.34 bits per heavy atom. The van der Waals surface area contributed by atoms with Crippen molar-refractivity contribution in [2.75, 3.05) is 26.2 Å². The molecule has 2 aromatic carbocycles. The van der Waals surface area contributed by atoms with Crippen LogP contribution in [0.15, 0.2) is 65.7 Å². The fourth-order valence-electron chi connectivity index (χ4n) is 4.57. The van der Waals surface area contributed by atoms with E-state index in [1.807, 2.05) is 32.0 Å². The topological polar surface area (TPSA) is 71.3 Å². The molecule has 0 atom stereocenters. The van der Waals surface area contributed by atoms with Crippen molar-refractivity contribution in [2.24, 2.45) is 0 Å². The van der Waals surface area contributed by atoms with Crippen LogP contribution >= 0.6 is 0 Å². The number of rotatable bonds is 6. The van der Waals surface area contributed by atoms with Crippen molar-refractivity contribution in [3.8, 4) is 5.69 Å². The van der Waals surface area contributed by atoms with Crippen LogP contribution in [0.1, 0.15) is 29.4 Å². The Balaban J connectivity index is 1.36. The second kappa shape index (κ2) is 9.53. The SMILES string of the molecule is CCc1ccc(-n2c(CN3CCN(S(=O)(=O)c4ccc(C)c(C)c4)CC3)nc3cccnc32)cc1. The fraction of sp³-hybridized carbons (Fsp3) is 0.333. The second-order valence-corrected chi connectivity index (χ2v) is 11.1. The van der Waals surface area contributed by atoms with E-state index >= 15 is 0 Å². The Kier molecular flexibility index (Phi) is 6.44. The number of hydrogen-bond acceptors (Lipinski definition) is 5. The third-order valence-corrected chi connectivity index (χ3v) is 8.80. The van der Waals surface area contributed by atoms with E-state index in [0.29, 0.717) is 37.6 Å². The molecule has 4 aromatic rings. The van der Waals surface area contributed by atoms with Gasteiger partial charge in [-0.3, -0.25) is 9.47 Å². The Hall–Kier alpha value is -3.07.